The van der Waals surface area contributed by atoms with Gasteiger partial charge in [-0.2, -0.15) is 0 Å². The number of para-hydroxylation sites is 1. The molecule has 0 aliphatic carbocycles. The lowest BCUT2D eigenvalue weighted by atomic mass is 10.0. The lowest BCUT2D eigenvalue weighted by Crippen LogP contribution is -2.50. The van der Waals surface area contributed by atoms with Crippen molar-refractivity contribution in [3.63, 3.8) is 0 Å². The van der Waals surface area contributed by atoms with Crippen molar-refractivity contribution < 1.29 is 28.6 Å². The average molecular weight is 606 g/mol. The molecule has 228 valence electrons. The van der Waals surface area contributed by atoms with Gasteiger partial charge in [-0.25, -0.2) is 14.6 Å². The molecule has 1 saturated heterocycles. The third kappa shape index (κ3) is 6.14. The molecule has 1 aliphatic heterocycles. The number of piperazine rings is 1. The Kier molecular flexibility index (Phi) is 8.06. The number of hydrogen-bond acceptors (Lipinski definition) is 7. The number of anilines is 3. The molecule has 0 spiro atoms. The molecule has 45 heavy (non-hydrogen) atoms. The Bertz CT molecular complexity index is 1880. The SMILES string of the molecule is COc1ccc(-c2ccc3oc(C(=O)Nc4ccc(N5CCN(C(=O)Nc6ccccc6C(=O)O)CC5)nc4)c(C)c3c2)cc1. The zero-order valence-corrected chi connectivity index (χ0v) is 24.7. The van der Waals surface area contributed by atoms with E-state index in [0.29, 0.717) is 37.4 Å². The number of rotatable bonds is 7. The Labute approximate surface area is 259 Å². The predicted molar refractivity (Wildman–Crippen MR) is 171 cm³/mol. The number of pyridine rings is 1. The minimum atomic E-state index is -1.10. The van der Waals surface area contributed by atoms with Crippen molar-refractivity contribution in [3.8, 4) is 16.9 Å². The van der Waals surface area contributed by atoms with Crippen LogP contribution >= 0.6 is 0 Å². The maximum Gasteiger partial charge on any atom is 0.337 e. The summed E-state index contributed by atoms with van der Waals surface area (Å²) in [5, 5.41) is 15.8. The van der Waals surface area contributed by atoms with E-state index in [1.807, 2.05) is 60.4 Å². The minimum Gasteiger partial charge on any atom is -0.497 e. The summed E-state index contributed by atoms with van der Waals surface area (Å²) >= 11 is 0. The molecule has 2 aromatic heterocycles. The lowest BCUT2D eigenvalue weighted by molar-refractivity contribution is 0.0697. The fraction of sp³-hybridized carbons (Fsp3) is 0.176. The summed E-state index contributed by atoms with van der Waals surface area (Å²) in [6.07, 6.45) is 1.59. The molecule has 0 bridgehead atoms. The van der Waals surface area contributed by atoms with Gasteiger partial charge < -0.3 is 34.7 Å². The van der Waals surface area contributed by atoms with Crippen LogP contribution in [0.3, 0.4) is 0 Å². The number of furan rings is 1. The number of carboxylic acid groups (broad SMARTS) is 1. The number of ether oxygens (including phenoxy) is 1. The van der Waals surface area contributed by atoms with Gasteiger partial charge in [0.05, 0.1) is 30.2 Å². The second-order valence-electron chi connectivity index (χ2n) is 10.6. The fourth-order valence-corrected chi connectivity index (χ4v) is 5.35. The first-order valence-electron chi connectivity index (χ1n) is 14.4. The summed E-state index contributed by atoms with van der Waals surface area (Å²) in [6.45, 7) is 3.83. The quantitative estimate of drug-likeness (QED) is 0.202. The van der Waals surface area contributed by atoms with Crippen molar-refractivity contribution >= 4 is 46.1 Å². The highest BCUT2D eigenvalue weighted by Gasteiger charge is 2.24. The molecule has 11 nitrogen and oxygen atoms in total. The number of carbonyl (C=O) groups is 3. The molecule has 0 saturated carbocycles. The highest BCUT2D eigenvalue weighted by molar-refractivity contribution is 6.07. The maximum atomic E-state index is 13.2. The summed E-state index contributed by atoms with van der Waals surface area (Å²) < 4.78 is 11.2. The second kappa shape index (κ2) is 12.4. The van der Waals surface area contributed by atoms with Gasteiger partial charge in [0, 0.05) is 37.1 Å². The number of nitrogens with zero attached hydrogens (tertiary/aromatic N) is 3. The van der Waals surface area contributed by atoms with Crippen LogP contribution in [0.5, 0.6) is 5.75 Å². The second-order valence-corrected chi connectivity index (χ2v) is 10.6. The molecule has 1 aliphatic rings. The van der Waals surface area contributed by atoms with E-state index in [1.165, 1.54) is 6.07 Å². The van der Waals surface area contributed by atoms with E-state index in [4.69, 9.17) is 9.15 Å². The number of nitrogens with one attached hydrogen (secondary N) is 2. The number of aryl methyl sites for hydroxylation is 1. The van der Waals surface area contributed by atoms with Crippen LogP contribution in [-0.2, 0) is 0 Å². The van der Waals surface area contributed by atoms with Gasteiger partial charge in [0.15, 0.2) is 5.76 Å². The van der Waals surface area contributed by atoms with Gasteiger partial charge in [0.25, 0.3) is 5.91 Å². The number of carboxylic acids is 1. The average Bonchev–Trinajstić information content (AvgIpc) is 3.41. The zero-order valence-electron chi connectivity index (χ0n) is 24.7. The molecule has 3 aromatic carbocycles. The van der Waals surface area contributed by atoms with Gasteiger partial charge in [-0.15, -0.1) is 0 Å². The van der Waals surface area contributed by atoms with Gasteiger partial charge in [-0.1, -0.05) is 30.3 Å². The molecule has 5 aromatic rings. The topological polar surface area (TPSA) is 137 Å². The normalized spacial score (nSPS) is 13.0. The van der Waals surface area contributed by atoms with E-state index in [9.17, 15) is 19.5 Å². The van der Waals surface area contributed by atoms with Crippen molar-refractivity contribution in [2.45, 2.75) is 6.92 Å². The van der Waals surface area contributed by atoms with Crippen LogP contribution < -0.4 is 20.3 Å². The van der Waals surface area contributed by atoms with Crippen LogP contribution in [0.4, 0.5) is 22.0 Å². The highest BCUT2D eigenvalue weighted by Crippen LogP contribution is 2.31. The number of benzene rings is 3. The number of fused-ring (bicyclic) bond motifs is 1. The smallest absolute Gasteiger partial charge is 0.337 e. The van der Waals surface area contributed by atoms with Gasteiger partial charge in [-0.05, 0) is 66.6 Å². The first kappa shape index (κ1) is 29.2. The first-order valence-corrected chi connectivity index (χ1v) is 14.4. The minimum absolute atomic E-state index is 0.0372. The fourth-order valence-electron chi connectivity index (χ4n) is 5.35. The number of urea groups is 1. The zero-order chi connectivity index (χ0) is 31.5. The molecule has 6 rings (SSSR count). The molecule has 11 heteroatoms. The van der Waals surface area contributed by atoms with E-state index in [1.54, 1.807) is 42.5 Å². The highest BCUT2D eigenvalue weighted by atomic mass is 16.5. The summed E-state index contributed by atoms with van der Waals surface area (Å²) in [5.74, 6) is 0.268. The standard InChI is InChI=1S/C34H31N5O6/c1-21-27-19-23(22-7-11-25(44-2)12-8-22)9-13-29(27)45-31(21)32(40)36-24-10-14-30(35-20-24)38-15-17-39(18-16-38)34(43)37-28-6-4-3-5-26(28)33(41)42/h3-14,19-20H,15-18H2,1-2H3,(H,36,40)(H,37,43)(H,41,42). The van der Waals surface area contributed by atoms with Crippen LogP contribution in [0.15, 0.2) is 89.5 Å². The molecule has 0 unspecified atom stereocenters. The summed E-state index contributed by atoms with van der Waals surface area (Å²) in [6, 6.07) is 23.2. The lowest BCUT2D eigenvalue weighted by Gasteiger charge is -2.35. The molecule has 1 fully saturated rings. The Hall–Kier alpha value is -5.84. The molecule has 3 heterocycles. The number of aromatic carboxylic acids is 1. The number of amides is 3. The Morgan fingerprint density at radius 3 is 2.31 bits per heavy atom. The van der Waals surface area contributed by atoms with Crippen molar-refractivity contribution in [2.75, 3.05) is 48.8 Å². The third-order valence-electron chi connectivity index (χ3n) is 7.86. The van der Waals surface area contributed by atoms with Crippen molar-refractivity contribution in [3.05, 3.63) is 102 Å². The van der Waals surface area contributed by atoms with E-state index in [-0.39, 0.29) is 28.9 Å². The molecular formula is C34H31N5O6. The van der Waals surface area contributed by atoms with Crippen LogP contribution in [0.25, 0.3) is 22.1 Å². The van der Waals surface area contributed by atoms with Crippen LogP contribution in [0, 0.1) is 6.92 Å². The Balaban J connectivity index is 1.07. The molecular weight excluding hydrogens is 574 g/mol. The van der Waals surface area contributed by atoms with E-state index in [0.717, 1.165) is 33.6 Å². The number of methoxy groups -OCH3 is 1. The molecule has 3 N–H and O–H groups in total. The van der Waals surface area contributed by atoms with Crippen molar-refractivity contribution in [1.29, 1.82) is 0 Å². The summed E-state index contributed by atoms with van der Waals surface area (Å²) in [7, 11) is 1.63. The van der Waals surface area contributed by atoms with E-state index in [2.05, 4.69) is 15.6 Å². The molecule has 0 radical (unpaired) electrons. The Morgan fingerprint density at radius 1 is 0.889 bits per heavy atom. The Morgan fingerprint density at radius 2 is 1.62 bits per heavy atom. The van der Waals surface area contributed by atoms with Gasteiger partial charge >= 0.3 is 12.0 Å². The maximum absolute atomic E-state index is 13.2. The predicted octanol–water partition coefficient (Wildman–Crippen LogP) is 6.12. The summed E-state index contributed by atoms with van der Waals surface area (Å²) in [4.78, 5) is 45.6. The summed E-state index contributed by atoms with van der Waals surface area (Å²) in [5.41, 5.74) is 4.23. The van der Waals surface area contributed by atoms with Gasteiger partial charge in [0.1, 0.15) is 17.2 Å². The number of aromatic nitrogens is 1. The number of carbonyl (C=O) groups excluding carboxylic acids is 2. The number of hydrogen-bond donors (Lipinski definition) is 3. The van der Waals surface area contributed by atoms with Crippen LogP contribution in [0.1, 0.15) is 26.5 Å². The van der Waals surface area contributed by atoms with Crippen LogP contribution in [0.2, 0.25) is 0 Å². The largest absolute Gasteiger partial charge is 0.497 e. The van der Waals surface area contributed by atoms with Gasteiger partial charge in [-0.3, -0.25) is 4.79 Å². The van der Waals surface area contributed by atoms with E-state index < -0.39 is 5.97 Å². The first-order chi connectivity index (χ1) is 21.8. The van der Waals surface area contributed by atoms with Crippen molar-refractivity contribution in [1.82, 2.24) is 9.88 Å². The molecule has 3 amide bonds. The molecule has 0 atom stereocenters. The monoisotopic (exact) mass is 605 g/mol. The third-order valence-corrected chi connectivity index (χ3v) is 7.86. The van der Waals surface area contributed by atoms with Gasteiger partial charge in [0.2, 0.25) is 0 Å². The van der Waals surface area contributed by atoms with E-state index >= 15 is 0 Å². The van der Waals surface area contributed by atoms with Crippen molar-refractivity contribution in [2.24, 2.45) is 0 Å². The van der Waals surface area contributed by atoms with Crippen LogP contribution in [-0.4, -0.2) is 66.2 Å².